The van der Waals surface area contributed by atoms with Crippen LogP contribution in [0.5, 0.6) is 5.75 Å². The first-order chi connectivity index (χ1) is 9.49. The van der Waals surface area contributed by atoms with E-state index >= 15 is 0 Å². The fourth-order valence-corrected chi connectivity index (χ4v) is 2.34. The quantitative estimate of drug-likeness (QED) is 0.858. The molecular formula is C16H19N3O. The highest BCUT2D eigenvalue weighted by atomic mass is 16.5. The van der Waals surface area contributed by atoms with E-state index in [-0.39, 0.29) is 0 Å². The molecule has 1 aromatic heterocycles. The number of benzene rings is 1. The average Bonchev–Trinajstić information content (AvgIpc) is 2.78. The van der Waals surface area contributed by atoms with Gasteiger partial charge in [-0.1, -0.05) is 13.8 Å². The summed E-state index contributed by atoms with van der Waals surface area (Å²) in [5.41, 5.74) is 4.49. The molecule has 0 unspecified atom stereocenters. The van der Waals surface area contributed by atoms with Crippen molar-refractivity contribution in [2.24, 2.45) is 7.05 Å². The van der Waals surface area contributed by atoms with Crippen LogP contribution in [-0.2, 0) is 7.05 Å². The molecule has 0 aliphatic rings. The predicted octanol–water partition coefficient (Wildman–Crippen LogP) is 3.40. The molecule has 104 valence electrons. The Morgan fingerprint density at radius 2 is 2.05 bits per heavy atom. The van der Waals surface area contributed by atoms with Gasteiger partial charge in [-0.25, -0.2) is 4.98 Å². The molecule has 0 N–H and O–H groups in total. The Labute approximate surface area is 119 Å². The Kier molecular flexibility index (Phi) is 3.80. The van der Waals surface area contributed by atoms with Gasteiger partial charge in [-0.3, -0.25) is 0 Å². The first kappa shape index (κ1) is 14.1. The first-order valence-corrected chi connectivity index (χ1v) is 6.59. The third kappa shape index (κ3) is 2.27. The van der Waals surface area contributed by atoms with Gasteiger partial charge in [-0.05, 0) is 36.1 Å². The number of rotatable bonds is 3. The fraction of sp³-hybridized carbons (Fsp3) is 0.375. The zero-order chi connectivity index (χ0) is 14.9. The predicted molar refractivity (Wildman–Crippen MR) is 78.7 cm³/mol. The molecule has 1 aromatic carbocycles. The maximum Gasteiger partial charge on any atom is 0.147 e. The summed E-state index contributed by atoms with van der Waals surface area (Å²) in [5.74, 6) is 1.23. The minimum Gasteiger partial charge on any atom is -0.496 e. The van der Waals surface area contributed by atoms with Gasteiger partial charge in [0.05, 0.1) is 13.4 Å². The molecule has 0 saturated carbocycles. The van der Waals surface area contributed by atoms with Gasteiger partial charge < -0.3 is 9.30 Å². The van der Waals surface area contributed by atoms with Gasteiger partial charge in [-0.15, -0.1) is 0 Å². The van der Waals surface area contributed by atoms with E-state index in [4.69, 9.17) is 4.74 Å². The van der Waals surface area contributed by atoms with Crippen LogP contribution in [0.25, 0.3) is 11.3 Å². The van der Waals surface area contributed by atoms with Crippen molar-refractivity contribution < 1.29 is 4.74 Å². The number of aromatic nitrogens is 2. The van der Waals surface area contributed by atoms with E-state index in [1.807, 2.05) is 20.0 Å². The lowest BCUT2D eigenvalue weighted by molar-refractivity contribution is 0.407. The molecule has 0 saturated heterocycles. The molecule has 0 bridgehead atoms. The van der Waals surface area contributed by atoms with Gasteiger partial charge in [0.15, 0.2) is 0 Å². The zero-order valence-corrected chi connectivity index (χ0v) is 12.6. The monoisotopic (exact) mass is 269 g/mol. The molecular weight excluding hydrogens is 250 g/mol. The van der Waals surface area contributed by atoms with Crippen LogP contribution in [0, 0.1) is 18.3 Å². The zero-order valence-electron chi connectivity index (χ0n) is 12.6. The largest absolute Gasteiger partial charge is 0.496 e. The van der Waals surface area contributed by atoms with Crippen molar-refractivity contribution in [3.8, 4) is 23.1 Å². The van der Waals surface area contributed by atoms with Crippen molar-refractivity contribution in [2.45, 2.75) is 26.7 Å². The Morgan fingerprint density at radius 1 is 1.35 bits per heavy atom. The van der Waals surface area contributed by atoms with Crippen LogP contribution >= 0.6 is 0 Å². The summed E-state index contributed by atoms with van der Waals surface area (Å²) < 4.78 is 7.19. The van der Waals surface area contributed by atoms with E-state index in [2.05, 4.69) is 31.0 Å². The van der Waals surface area contributed by atoms with Gasteiger partial charge in [0.2, 0.25) is 0 Å². The summed E-state index contributed by atoms with van der Waals surface area (Å²) in [4.78, 5) is 4.37. The fourth-order valence-electron chi connectivity index (χ4n) is 2.34. The normalized spacial score (nSPS) is 10.7. The van der Waals surface area contributed by atoms with Crippen molar-refractivity contribution in [1.82, 2.24) is 9.55 Å². The smallest absolute Gasteiger partial charge is 0.147 e. The molecule has 2 aromatic rings. The van der Waals surface area contributed by atoms with E-state index in [1.165, 1.54) is 0 Å². The Morgan fingerprint density at radius 3 is 2.60 bits per heavy atom. The lowest BCUT2D eigenvalue weighted by Crippen LogP contribution is -1.98. The highest BCUT2D eigenvalue weighted by Crippen LogP contribution is 2.34. The highest BCUT2D eigenvalue weighted by Gasteiger charge is 2.17. The van der Waals surface area contributed by atoms with Crippen LogP contribution in [0.4, 0.5) is 0 Å². The average molecular weight is 269 g/mol. The summed E-state index contributed by atoms with van der Waals surface area (Å²) in [5, 5.41) is 9.28. The van der Waals surface area contributed by atoms with Crippen molar-refractivity contribution in [2.75, 3.05) is 7.11 Å². The number of hydrogen-bond acceptors (Lipinski definition) is 3. The van der Waals surface area contributed by atoms with Crippen molar-refractivity contribution in [3.05, 3.63) is 35.3 Å². The van der Waals surface area contributed by atoms with Crippen LogP contribution < -0.4 is 4.74 Å². The number of ether oxygens (including phenoxy) is 1. The third-order valence-electron chi connectivity index (χ3n) is 3.50. The summed E-state index contributed by atoms with van der Waals surface area (Å²) >= 11 is 0. The number of aryl methyl sites for hydroxylation is 2. The van der Waals surface area contributed by atoms with Gasteiger partial charge in [0.25, 0.3) is 0 Å². The molecule has 0 atom stereocenters. The number of nitrogens with zero attached hydrogens (tertiary/aromatic N) is 3. The third-order valence-corrected chi connectivity index (χ3v) is 3.50. The molecule has 0 radical (unpaired) electrons. The molecule has 2 rings (SSSR count). The molecule has 4 heteroatoms. The van der Waals surface area contributed by atoms with E-state index < -0.39 is 0 Å². The number of nitriles is 1. The minimum atomic E-state index is 0.346. The molecule has 20 heavy (non-hydrogen) atoms. The maximum atomic E-state index is 9.28. The van der Waals surface area contributed by atoms with Crippen LogP contribution in [0.2, 0.25) is 0 Å². The molecule has 0 fully saturated rings. The lowest BCUT2D eigenvalue weighted by atomic mass is 9.94. The number of imidazole rings is 1. The van der Waals surface area contributed by atoms with Gasteiger partial charge >= 0.3 is 0 Å². The van der Waals surface area contributed by atoms with Gasteiger partial charge in [-0.2, -0.15) is 5.26 Å². The molecule has 0 aliphatic carbocycles. The Balaban J connectivity index is 2.69. The molecule has 1 heterocycles. The SMILES string of the molecule is COc1cc(C)c(-c2ncn(C)c2C#N)cc1C(C)C. The first-order valence-electron chi connectivity index (χ1n) is 6.59. The summed E-state index contributed by atoms with van der Waals surface area (Å²) in [6, 6.07) is 6.32. The second-order valence-corrected chi connectivity index (χ2v) is 5.23. The van der Waals surface area contributed by atoms with Crippen molar-refractivity contribution in [3.63, 3.8) is 0 Å². The second kappa shape index (κ2) is 5.38. The Bertz CT molecular complexity index is 678. The van der Waals surface area contributed by atoms with E-state index in [1.54, 1.807) is 18.0 Å². The van der Waals surface area contributed by atoms with E-state index in [0.717, 1.165) is 28.1 Å². The number of hydrogen-bond donors (Lipinski definition) is 0. The Hall–Kier alpha value is -2.28. The topological polar surface area (TPSA) is 50.8 Å². The standard InChI is InChI=1S/C16H19N3O/c1-10(2)12-7-13(11(3)6-15(12)20-5)16-14(8-17)19(4)9-18-16/h6-7,9-10H,1-5H3. The minimum absolute atomic E-state index is 0.346. The second-order valence-electron chi connectivity index (χ2n) is 5.23. The summed E-state index contributed by atoms with van der Waals surface area (Å²) in [6.07, 6.45) is 1.67. The van der Waals surface area contributed by atoms with Crippen LogP contribution in [0.15, 0.2) is 18.5 Å². The van der Waals surface area contributed by atoms with Crippen LogP contribution in [0.3, 0.4) is 0 Å². The lowest BCUT2D eigenvalue weighted by Gasteiger charge is -2.15. The molecule has 0 aliphatic heterocycles. The van der Waals surface area contributed by atoms with Gasteiger partial charge in [0, 0.05) is 12.6 Å². The van der Waals surface area contributed by atoms with E-state index in [0.29, 0.717) is 11.6 Å². The van der Waals surface area contributed by atoms with Crippen molar-refractivity contribution >= 4 is 0 Å². The highest BCUT2D eigenvalue weighted by molar-refractivity contribution is 5.71. The van der Waals surface area contributed by atoms with Crippen LogP contribution in [-0.4, -0.2) is 16.7 Å². The van der Waals surface area contributed by atoms with Crippen LogP contribution in [0.1, 0.15) is 36.6 Å². The number of methoxy groups -OCH3 is 1. The summed E-state index contributed by atoms with van der Waals surface area (Å²) in [7, 11) is 3.51. The van der Waals surface area contributed by atoms with E-state index in [9.17, 15) is 5.26 Å². The molecule has 4 nitrogen and oxygen atoms in total. The van der Waals surface area contributed by atoms with Gasteiger partial charge in [0.1, 0.15) is 23.2 Å². The molecule has 0 amide bonds. The maximum absolute atomic E-state index is 9.28. The van der Waals surface area contributed by atoms with Crippen molar-refractivity contribution in [1.29, 1.82) is 5.26 Å². The summed E-state index contributed by atoms with van der Waals surface area (Å²) in [6.45, 7) is 6.26. The molecule has 0 spiro atoms.